The number of fused-ring (bicyclic) bond motifs is 1. The Morgan fingerprint density at radius 1 is 1.50 bits per heavy atom. The van der Waals surface area contributed by atoms with Gasteiger partial charge in [0.2, 0.25) is 5.56 Å². The molecule has 2 heterocycles. The Bertz CT molecular complexity index is 589. The molecule has 69 valence electrons. The molecule has 0 aliphatic rings. The first-order valence-electron chi connectivity index (χ1n) is 4.12. The Balaban J connectivity index is 2.86. The molecule has 6 heteroatoms. The molecule has 0 aliphatic heterocycles. The lowest BCUT2D eigenvalue weighted by Crippen LogP contribution is -2.31. The van der Waals surface area contributed by atoms with Crippen molar-refractivity contribution in [2.45, 2.75) is 5.79 Å². The molecule has 0 unspecified atom stereocenters. The van der Waals surface area contributed by atoms with Gasteiger partial charge in [-0.15, -0.1) is 5.79 Å². The Hall–Kier alpha value is -0.958. The molecule has 0 bridgehead atoms. The minimum atomic E-state index is -0.0353. The first-order chi connectivity index (χ1) is 6.70. The predicted molar refractivity (Wildman–Crippen MR) is 58.8 cm³/mol. The summed E-state index contributed by atoms with van der Waals surface area (Å²) in [5.74, 6) is 2.02. The minimum absolute atomic E-state index is 0.0155. The zero-order chi connectivity index (χ0) is 10.1. The van der Waals surface area contributed by atoms with Crippen molar-refractivity contribution in [1.29, 1.82) is 0 Å². The number of H-pyrrole nitrogens is 2. The van der Waals surface area contributed by atoms with Crippen molar-refractivity contribution in [1.82, 2.24) is 15.0 Å². The van der Waals surface area contributed by atoms with Crippen molar-refractivity contribution >= 4 is 42.9 Å². The number of hydrogen-bond acceptors (Lipinski definition) is 3. The van der Waals surface area contributed by atoms with E-state index < -0.39 is 0 Å². The maximum atomic E-state index is 11.5. The van der Waals surface area contributed by atoms with Gasteiger partial charge >= 0.3 is 0 Å². The molecule has 0 aliphatic carbocycles. The van der Waals surface area contributed by atoms with Crippen molar-refractivity contribution in [3.63, 3.8) is 0 Å². The van der Waals surface area contributed by atoms with Crippen LogP contribution < -0.4 is 9.98 Å². The van der Waals surface area contributed by atoms with Gasteiger partial charge in [0.25, 0.3) is 15.2 Å². The highest BCUT2D eigenvalue weighted by atomic mass is 32.1. The second-order valence-corrected chi connectivity index (χ2v) is 4.45. The van der Waals surface area contributed by atoms with E-state index in [1.807, 2.05) is 11.9 Å². The molecule has 14 heavy (non-hydrogen) atoms. The molecule has 2 aromatic rings. The van der Waals surface area contributed by atoms with Crippen LogP contribution in [0.5, 0.6) is 0 Å². The molecule has 2 N–H and O–H groups in total. The van der Waals surface area contributed by atoms with E-state index in [0.717, 1.165) is 9.81 Å². The van der Waals surface area contributed by atoms with E-state index in [2.05, 4.69) is 15.0 Å². The van der Waals surface area contributed by atoms with Gasteiger partial charge in [0.1, 0.15) is 5.65 Å². The molecule has 0 aromatic carbocycles. The lowest BCUT2D eigenvalue weighted by atomic mass is 10.3. The molecule has 0 amide bonds. The number of rotatable bonds is 1. The number of nitrogens with one attached hydrogen (secondary N) is 2. The van der Waals surface area contributed by atoms with Gasteiger partial charge in [-0.2, -0.15) is 0 Å². The molecule has 2 rings (SSSR count). The van der Waals surface area contributed by atoms with Gasteiger partial charge in [0.05, 0.1) is 0 Å². The monoisotopic (exact) mass is 220 g/mol. The van der Waals surface area contributed by atoms with Gasteiger partial charge in [-0.25, -0.2) is 4.98 Å². The van der Waals surface area contributed by atoms with Gasteiger partial charge in [-0.1, -0.05) is 10.5 Å². The maximum Gasteiger partial charge on any atom is 0.256 e. The van der Waals surface area contributed by atoms with Crippen LogP contribution >= 0.6 is 12.2 Å². The summed E-state index contributed by atoms with van der Waals surface area (Å²) in [5.41, 5.74) is 0.610. The molecule has 1 radical (unpaired) electrons. The lowest BCUT2D eigenvalue weighted by molar-refractivity contribution is 1.14. The van der Waals surface area contributed by atoms with E-state index >= 15 is 0 Å². The smallest absolute Gasteiger partial charge is 0.256 e. The molecule has 0 saturated carbocycles. The number of pyridine rings is 1. The van der Waals surface area contributed by atoms with Crippen molar-refractivity contribution < 1.29 is 0 Å². The van der Waals surface area contributed by atoms with Crippen LogP contribution in [-0.2, 0) is 0 Å². The van der Waals surface area contributed by atoms with Crippen LogP contribution in [0.1, 0.15) is 0 Å². The predicted octanol–water partition coefficient (Wildman–Crippen LogP) is 0.358. The van der Waals surface area contributed by atoms with Gasteiger partial charge in [-0.3, -0.25) is 4.79 Å². The van der Waals surface area contributed by atoms with Crippen LogP contribution in [0, 0.1) is 4.77 Å². The van der Waals surface area contributed by atoms with E-state index in [1.165, 1.54) is 0 Å². The van der Waals surface area contributed by atoms with Crippen LogP contribution in [-0.4, -0.2) is 30.2 Å². The maximum absolute atomic E-state index is 11.5. The number of aromatic nitrogens is 3. The Labute approximate surface area is 91.1 Å². The summed E-state index contributed by atoms with van der Waals surface area (Å²) in [7, 11) is 0. The fraction of sp³-hybridized carbons (Fsp3) is 0.125. The van der Waals surface area contributed by atoms with Crippen LogP contribution in [0.2, 0.25) is 5.79 Å². The van der Waals surface area contributed by atoms with Crippen LogP contribution in [0.3, 0.4) is 0 Å². The van der Waals surface area contributed by atoms with Crippen LogP contribution in [0.25, 0.3) is 11.0 Å². The normalized spacial score (nSPS) is 10.4. The topological polar surface area (TPSA) is 61.5 Å². The van der Waals surface area contributed by atoms with E-state index in [-0.39, 0.29) is 20.8 Å². The van der Waals surface area contributed by atoms with Gasteiger partial charge < -0.3 is 9.97 Å². The average Bonchev–Trinajstić information content (AvgIpc) is 2.16. The summed E-state index contributed by atoms with van der Waals surface area (Å²) in [6.07, 6.45) is 1.67. The molecule has 0 atom stereocenters. The third-order valence-electron chi connectivity index (χ3n) is 1.96. The molecular formula is C8H7AlN3OS. The number of aromatic amines is 2. The molecule has 2 aromatic heterocycles. The fourth-order valence-corrected chi connectivity index (χ4v) is 2.09. The first kappa shape index (κ1) is 9.59. The molecule has 0 fully saturated rings. The average molecular weight is 220 g/mol. The zero-order valence-corrected chi connectivity index (χ0v) is 9.47. The SMILES string of the molecule is [CH3][Al][c]1cc2cnc(=S)[nH]c2[nH]c1=O. The standard InChI is InChI=1S/C7H4N3OS.CH3.Al/c11-5-2-1-4-3-8-7(12)10-6(4)9-5;;/h1,3H,(H2,8,9,10,11,12);1H3;. The van der Waals surface area contributed by atoms with Crippen molar-refractivity contribution in [3.05, 3.63) is 27.4 Å². The lowest BCUT2D eigenvalue weighted by Gasteiger charge is -1.99. The van der Waals surface area contributed by atoms with Crippen molar-refractivity contribution in [2.24, 2.45) is 0 Å². The summed E-state index contributed by atoms with van der Waals surface area (Å²) in [6, 6.07) is 1.86. The largest absolute Gasteiger partial charge is 0.317 e. The summed E-state index contributed by atoms with van der Waals surface area (Å²) >= 11 is 4.88. The quantitative estimate of drug-likeness (QED) is 0.538. The third-order valence-corrected chi connectivity index (χ3v) is 3.22. The summed E-state index contributed by atoms with van der Waals surface area (Å²) in [6.45, 7) is 0. The second-order valence-electron chi connectivity index (χ2n) is 2.86. The van der Waals surface area contributed by atoms with Crippen LogP contribution in [0.15, 0.2) is 17.1 Å². The summed E-state index contributed by atoms with van der Waals surface area (Å²) < 4.78 is 1.22. The van der Waals surface area contributed by atoms with Crippen molar-refractivity contribution in [3.8, 4) is 0 Å². The van der Waals surface area contributed by atoms with Gasteiger partial charge in [-0.05, 0) is 12.2 Å². The van der Waals surface area contributed by atoms with E-state index in [0.29, 0.717) is 10.4 Å². The Morgan fingerprint density at radius 2 is 2.29 bits per heavy atom. The second kappa shape index (κ2) is 3.66. The highest BCUT2D eigenvalue weighted by Gasteiger charge is 2.01. The number of nitrogens with zero attached hydrogens (tertiary/aromatic N) is 1. The van der Waals surface area contributed by atoms with E-state index in [1.54, 1.807) is 6.20 Å². The van der Waals surface area contributed by atoms with Crippen molar-refractivity contribution in [2.75, 3.05) is 0 Å². The Kier molecular flexibility index (Phi) is 2.50. The Morgan fingerprint density at radius 3 is 3.00 bits per heavy atom. The van der Waals surface area contributed by atoms with Gasteiger partial charge in [0, 0.05) is 11.6 Å². The third kappa shape index (κ3) is 1.64. The first-order valence-corrected chi connectivity index (χ1v) is 6.26. The molecular weight excluding hydrogens is 213 g/mol. The van der Waals surface area contributed by atoms with E-state index in [9.17, 15) is 4.79 Å². The highest BCUT2D eigenvalue weighted by molar-refractivity contribution is 7.71. The molecule has 4 nitrogen and oxygen atoms in total. The fourth-order valence-electron chi connectivity index (χ4n) is 1.25. The molecule has 0 saturated heterocycles. The van der Waals surface area contributed by atoms with Gasteiger partial charge in [0.15, 0.2) is 4.77 Å². The minimum Gasteiger partial charge on any atom is -0.317 e. The summed E-state index contributed by atoms with van der Waals surface area (Å²) in [5, 5.41) is 0.891. The van der Waals surface area contributed by atoms with E-state index in [4.69, 9.17) is 12.2 Å². The van der Waals surface area contributed by atoms with Crippen LogP contribution in [0.4, 0.5) is 0 Å². The highest BCUT2D eigenvalue weighted by Crippen LogP contribution is 2.01. The summed E-state index contributed by atoms with van der Waals surface area (Å²) in [4.78, 5) is 21.0. The zero-order valence-electron chi connectivity index (χ0n) is 7.50. The number of hydrogen-bond donors (Lipinski definition) is 2. The molecule has 0 spiro atoms.